The molecule has 72 valence electrons. The molecule has 0 aliphatic heterocycles. The number of thiophene rings is 1. The fourth-order valence-electron chi connectivity index (χ4n) is 1.21. The second-order valence-electron chi connectivity index (χ2n) is 2.83. The number of rotatable bonds is 1. The lowest BCUT2D eigenvalue weighted by Gasteiger charge is -2.00. The van der Waals surface area contributed by atoms with E-state index in [0.717, 1.165) is 19.4 Å². The molecule has 0 unspecified atom stereocenters. The molecule has 2 aromatic rings. The van der Waals surface area contributed by atoms with Crippen LogP contribution < -0.4 is 5.11 Å². The zero-order valence-corrected chi connectivity index (χ0v) is 9.61. The van der Waals surface area contributed by atoms with E-state index < -0.39 is 5.97 Å². The third-order valence-corrected chi connectivity index (χ3v) is 4.23. The summed E-state index contributed by atoms with van der Waals surface area (Å²) in [6.45, 7) is 1.97. The lowest BCUT2D eigenvalue weighted by molar-refractivity contribution is -0.255. The van der Waals surface area contributed by atoms with E-state index in [2.05, 4.69) is 20.9 Å². The van der Waals surface area contributed by atoms with Crippen LogP contribution in [0.4, 0.5) is 0 Å². The first-order valence-corrected chi connectivity index (χ1v) is 5.46. The summed E-state index contributed by atoms with van der Waals surface area (Å²) in [5.74, 6) is -1.25. The number of aromatic carboxylic acids is 1. The van der Waals surface area contributed by atoms with E-state index >= 15 is 0 Å². The topological polar surface area (TPSA) is 53.0 Å². The van der Waals surface area contributed by atoms with Gasteiger partial charge in [0, 0.05) is 20.9 Å². The first-order valence-electron chi connectivity index (χ1n) is 3.85. The Balaban J connectivity index is 2.76. The van der Waals surface area contributed by atoms with Crippen molar-refractivity contribution in [2.75, 3.05) is 0 Å². The summed E-state index contributed by atoms with van der Waals surface area (Å²) < 4.78 is 1.90. The molecular formula is C9H5BrNO2S-. The normalized spacial score (nSPS) is 10.7. The van der Waals surface area contributed by atoms with Crippen LogP contribution in [0.5, 0.6) is 0 Å². The highest BCUT2D eigenvalue weighted by Gasteiger charge is 2.07. The van der Waals surface area contributed by atoms with E-state index in [1.54, 1.807) is 17.5 Å². The second kappa shape index (κ2) is 3.33. The molecule has 2 rings (SSSR count). The molecule has 0 N–H and O–H groups in total. The van der Waals surface area contributed by atoms with Crippen molar-refractivity contribution in [1.82, 2.24) is 4.98 Å². The van der Waals surface area contributed by atoms with Crippen molar-refractivity contribution in [1.29, 1.82) is 0 Å². The third-order valence-electron chi connectivity index (χ3n) is 1.89. The SMILES string of the molecule is Cc1sc2cnc(C(=O)[O-])cc2c1Br. The number of hydrogen-bond donors (Lipinski definition) is 0. The maximum absolute atomic E-state index is 10.6. The number of pyridine rings is 1. The van der Waals surface area contributed by atoms with E-state index in [4.69, 9.17) is 0 Å². The first-order chi connectivity index (χ1) is 6.59. The van der Waals surface area contributed by atoms with E-state index in [9.17, 15) is 9.90 Å². The van der Waals surface area contributed by atoms with Crippen LogP contribution in [0.1, 0.15) is 15.4 Å². The summed E-state index contributed by atoms with van der Waals surface area (Å²) in [5, 5.41) is 11.5. The summed E-state index contributed by atoms with van der Waals surface area (Å²) in [6, 6.07) is 1.53. The molecule has 5 heteroatoms. The highest BCUT2D eigenvalue weighted by molar-refractivity contribution is 9.10. The molecule has 0 spiro atoms. The fraction of sp³-hybridized carbons (Fsp3) is 0.111. The van der Waals surface area contributed by atoms with Crippen LogP contribution in [0, 0.1) is 6.92 Å². The molecule has 14 heavy (non-hydrogen) atoms. The molecule has 0 aliphatic rings. The van der Waals surface area contributed by atoms with E-state index in [0.29, 0.717) is 0 Å². The van der Waals surface area contributed by atoms with E-state index in [1.165, 1.54) is 6.07 Å². The van der Waals surface area contributed by atoms with Crippen molar-refractivity contribution in [3.8, 4) is 0 Å². The van der Waals surface area contributed by atoms with Gasteiger partial charge in [0.2, 0.25) is 0 Å². The molecule has 0 fully saturated rings. The van der Waals surface area contributed by atoms with Crippen molar-refractivity contribution in [3.05, 3.63) is 27.3 Å². The Kier molecular flexibility index (Phi) is 2.28. The molecule has 0 aromatic carbocycles. The zero-order chi connectivity index (χ0) is 10.3. The Labute approximate surface area is 92.5 Å². The first kappa shape index (κ1) is 9.61. The van der Waals surface area contributed by atoms with Crippen LogP contribution >= 0.6 is 27.3 Å². The Morgan fingerprint density at radius 3 is 3.00 bits per heavy atom. The minimum absolute atomic E-state index is 0.0315. The van der Waals surface area contributed by atoms with Crippen LogP contribution in [0.25, 0.3) is 10.1 Å². The van der Waals surface area contributed by atoms with Crippen LogP contribution in [0.3, 0.4) is 0 Å². The molecule has 0 bridgehead atoms. The summed E-state index contributed by atoms with van der Waals surface area (Å²) in [4.78, 5) is 15.5. The Morgan fingerprint density at radius 1 is 1.64 bits per heavy atom. The number of fused-ring (bicyclic) bond motifs is 1. The Hall–Kier alpha value is -0.940. The van der Waals surface area contributed by atoms with Gasteiger partial charge < -0.3 is 9.90 Å². The van der Waals surface area contributed by atoms with Crippen LogP contribution in [-0.4, -0.2) is 11.0 Å². The van der Waals surface area contributed by atoms with Crippen molar-refractivity contribution >= 4 is 43.3 Å². The minimum Gasteiger partial charge on any atom is -0.543 e. The molecule has 0 radical (unpaired) electrons. The van der Waals surface area contributed by atoms with Gasteiger partial charge >= 0.3 is 0 Å². The van der Waals surface area contributed by atoms with Gasteiger partial charge in [-0.1, -0.05) is 0 Å². The molecule has 2 heterocycles. The van der Waals surface area contributed by atoms with Crippen molar-refractivity contribution in [2.45, 2.75) is 6.92 Å². The monoisotopic (exact) mass is 270 g/mol. The number of carboxylic acids is 1. The smallest absolute Gasteiger partial charge is 0.0900 e. The second-order valence-corrected chi connectivity index (χ2v) is 4.87. The summed E-state index contributed by atoms with van der Waals surface area (Å²) in [7, 11) is 0. The lowest BCUT2D eigenvalue weighted by atomic mass is 10.2. The summed E-state index contributed by atoms with van der Waals surface area (Å²) in [6.07, 6.45) is 1.56. The molecule has 0 saturated carbocycles. The number of nitrogens with zero attached hydrogens (tertiary/aromatic N) is 1. The van der Waals surface area contributed by atoms with Crippen LogP contribution in [0.15, 0.2) is 16.7 Å². The van der Waals surface area contributed by atoms with Gasteiger partial charge in [0.25, 0.3) is 0 Å². The third kappa shape index (κ3) is 1.42. The van der Waals surface area contributed by atoms with Gasteiger partial charge in [0.05, 0.1) is 16.4 Å². The summed E-state index contributed by atoms with van der Waals surface area (Å²) >= 11 is 4.98. The number of hydrogen-bond acceptors (Lipinski definition) is 4. The highest BCUT2D eigenvalue weighted by atomic mass is 79.9. The maximum Gasteiger partial charge on any atom is 0.0900 e. The molecular weight excluding hydrogens is 266 g/mol. The van der Waals surface area contributed by atoms with Gasteiger partial charge in [-0.3, -0.25) is 4.98 Å². The quantitative estimate of drug-likeness (QED) is 0.793. The van der Waals surface area contributed by atoms with Gasteiger partial charge in [-0.2, -0.15) is 0 Å². The number of carbonyl (C=O) groups excluding carboxylic acids is 1. The largest absolute Gasteiger partial charge is 0.543 e. The van der Waals surface area contributed by atoms with Gasteiger partial charge in [0.1, 0.15) is 0 Å². The van der Waals surface area contributed by atoms with Crippen molar-refractivity contribution in [3.63, 3.8) is 0 Å². The van der Waals surface area contributed by atoms with Gasteiger partial charge in [-0.15, -0.1) is 11.3 Å². The molecule has 0 amide bonds. The van der Waals surface area contributed by atoms with Gasteiger partial charge in [-0.05, 0) is 28.9 Å². The minimum atomic E-state index is -1.25. The van der Waals surface area contributed by atoms with Gasteiger partial charge in [-0.25, -0.2) is 0 Å². The van der Waals surface area contributed by atoms with Crippen molar-refractivity contribution < 1.29 is 9.90 Å². The lowest BCUT2D eigenvalue weighted by Crippen LogP contribution is -2.23. The highest BCUT2D eigenvalue weighted by Crippen LogP contribution is 2.34. The van der Waals surface area contributed by atoms with Gasteiger partial charge in [0.15, 0.2) is 0 Å². The number of aryl methyl sites for hydroxylation is 1. The molecule has 0 saturated heterocycles. The standard InChI is InChI=1S/C9H6BrNO2S/c1-4-8(10)5-2-6(9(12)13)11-3-7(5)14-4/h2-3H,1H3,(H,12,13)/p-1. The number of halogens is 1. The average molecular weight is 271 g/mol. The number of aromatic nitrogens is 1. The molecule has 0 aliphatic carbocycles. The predicted molar refractivity (Wildman–Crippen MR) is 56.4 cm³/mol. The Bertz CT molecular complexity index is 521. The predicted octanol–water partition coefficient (Wildman–Crippen LogP) is 1.73. The summed E-state index contributed by atoms with van der Waals surface area (Å²) in [5.41, 5.74) is -0.0315. The molecule has 3 nitrogen and oxygen atoms in total. The van der Waals surface area contributed by atoms with Crippen LogP contribution in [-0.2, 0) is 0 Å². The molecule has 2 aromatic heterocycles. The average Bonchev–Trinajstić information content (AvgIpc) is 2.43. The van der Waals surface area contributed by atoms with E-state index in [1.807, 2.05) is 6.92 Å². The fourth-order valence-corrected chi connectivity index (χ4v) is 2.81. The van der Waals surface area contributed by atoms with E-state index in [-0.39, 0.29) is 5.69 Å². The maximum atomic E-state index is 10.6. The number of carboxylic acid groups (broad SMARTS) is 1. The number of carbonyl (C=O) groups is 1. The van der Waals surface area contributed by atoms with Crippen LogP contribution in [0.2, 0.25) is 0 Å². The zero-order valence-electron chi connectivity index (χ0n) is 7.20. The van der Waals surface area contributed by atoms with Crippen molar-refractivity contribution in [2.24, 2.45) is 0 Å². The Morgan fingerprint density at radius 2 is 2.36 bits per heavy atom. The molecule has 0 atom stereocenters.